The average Bonchev–Trinajstić information content (AvgIpc) is 2.19. The van der Waals surface area contributed by atoms with Gasteiger partial charge in [0.2, 0.25) is 0 Å². The van der Waals surface area contributed by atoms with Crippen LogP contribution in [0.15, 0.2) is 18.2 Å². The minimum absolute atomic E-state index is 0.0197. The lowest BCUT2D eigenvalue weighted by molar-refractivity contribution is -0.140. The predicted octanol–water partition coefficient (Wildman–Crippen LogP) is 3.12. The molecule has 1 unspecified atom stereocenters. The number of hydrogen-bond acceptors (Lipinski definition) is 2. The van der Waals surface area contributed by atoms with Gasteiger partial charge in [0.25, 0.3) is 0 Å². The number of benzene rings is 1. The van der Waals surface area contributed by atoms with Crippen molar-refractivity contribution in [3.63, 3.8) is 0 Å². The van der Waals surface area contributed by atoms with Gasteiger partial charge in [0.1, 0.15) is 11.9 Å². The van der Waals surface area contributed by atoms with E-state index in [2.05, 4.69) is 0 Å². The molecule has 0 amide bonds. The van der Waals surface area contributed by atoms with Crippen molar-refractivity contribution in [3.05, 3.63) is 35.1 Å². The molecule has 1 atom stereocenters. The number of ether oxygens (including phenoxy) is 1. The zero-order chi connectivity index (χ0) is 13.2. The number of carbonyl (C=O) groups excluding carboxylic acids is 1. The molecule has 0 fully saturated rings. The summed E-state index contributed by atoms with van der Waals surface area (Å²) in [7, 11) is 1.20. The zero-order valence-electron chi connectivity index (χ0n) is 9.14. The maximum atomic E-state index is 13.0. The third-order valence-electron chi connectivity index (χ3n) is 2.20. The first kappa shape index (κ1) is 13.6. The van der Waals surface area contributed by atoms with Crippen LogP contribution in [-0.2, 0) is 15.7 Å². The van der Waals surface area contributed by atoms with Crippen LogP contribution in [0.25, 0.3) is 0 Å². The van der Waals surface area contributed by atoms with Crippen molar-refractivity contribution in [2.45, 2.75) is 19.2 Å². The van der Waals surface area contributed by atoms with Crippen LogP contribution in [0.3, 0.4) is 0 Å². The monoisotopic (exact) mass is 250 g/mol. The van der Waals surface area contributed by atoms with Crippen LogP contribution in [0.2, 0.25) is 0 Å². The molecule has 0 bridgehead atoms. The van der Waals surface area contributed by atoms with E-state index in [1.807, 2.05) is 0 Å². The van der Waals surface area contributed by atoms with Crippen molar-refractivity contribution >= 4 is 5.78 Å². The molecule has 0 aliphatic heterocycles. The lowest BCUT2D eigenvalue weighted by Crippen LogP contribution is -2.14. The van der Waals surface area contributed by atoms with Crippen molar-refractivity contribution < 1.29 is 27.1 Å². The first-order chi connectivity index (χ1) is 7.77. The minimum Gasteiger partial charge on any atom is -0.369 e. The van der Waals surface area contributed by atoms with E-state index in [4.69, 9.17) is 4.74 Å². The lowest BCUT2D eigenvalue weighted by Gasteiger charge is -2.15. The van der Waals surface area contributed by atoms with E-state index in [1.165, 1.54) is 14.0 Å². The summed E-state index contributed by atoms with van der Waals surface area (Å²) in [6.45, 7) is 1.19. The summed E-state index contributed by atoms with van der Waals surface area (Å²) in [5.74, 6) is -1.83. The van der Waals surface area contributed by atoms with Gasteiger partial charge in [-0.15, -0.1) is 0 Å². The Bertz CT molecular complexity index is 426. The number of Topliss-reactive ketones (excluding diaryl/α,β-unsaturated/α-hetero) is 1. The molecule has 0 spiro atoms. The summed E-state index contributed by atoms with van der Waals surface area (Å²) >= 11 is 0. The van der Waals surface area contributed by atoms with Crippen LogP contribution >= 0.6 is 0 Å². The Hall–Kier alpha value is -1.43. The Morgan fingerprint density at radius 3 is 2.35 bits per heavy atom. The number of halogens is 4. The molecule has 17 heavy (non-hydrogen) atoms. The molecule has 0 aromatic heterocycles. The highest BCUT2D eigenvalue weighted by atomic mass is 19.4. The largest absolute Gasteiger partial charge is 0.419 e. The van der Waals surface area contributed by atoms with Crippen molar-refractivity contribution in [2.24, 2.45) is 0 Å². The Labute approximate surface area is 95.2 Å². The molecule has 94 valence electrons. The van der Waals surface area contributed by atoms with Crippen LogP contribution in [-0.4, -0.2) is 12.9 Å². The minimum atomic E-state index is -4.80. The molecule has 1 rings (SSSR count). The van der Waals surface area contributed by atoms with Gasteiger partial charge in [-0.2, -0.15) is 13.2 Å². The number of alkyl halides is 3. The number of rotatable bonds is 3. The van der Waals surface area contributed by atoms with Gasteiger partial charge in [-0.1, -0.05) is 6.07 Å². The van der Waals surface area contributed by atoms with Crippen molar-refractivity contribution in [1.29, 1.82) is 0 Å². The summed E-state index contributed by atoms with van der Waals surface area (Å²) in [5, 5.41) is 0. The van der Waals surface area contributed by atoms with E-state index < -0.39 is 29.4 Å². The zero-order valence-corrected chi connectivity index (χ0v) is 9.14. The fraction of sp³-hybridized carbons (Fsp3) is 0.364. The summed E-state index contributed by atoms with van der Waals surface area (Å²) in [5.41, 5.74) is -1.42. The molecule has 1 aromatic carbocycles. The molecule has 2 nitrogen and oxygen atoms in total. The van der Waals surface area contributed by atoms with E-state index >= 15 is 0 Å². The van der Waals surface area contributed by atoms with Gasteiger partial charge in [0.15, 0.2) is 5.78 Å². The van der Waals surface area contributed by atoms with Gasteiger partial charge in [0.05, 0.1) is 5.56 Å². The Kier molecular flexibility index (Phi) is 3.87. The molecule has 1 aromatic rings. The number of hydrogen-bond donors (Lipinski definition) is 0. The van der Waals surface area contributed by atoms with E-state index in [1.54, 1.807) is 0 Å². The van der Waals surface area contributed by atoms with Gasteiger partial charge in [-0.3, -0.25) is 4.79 Å². The van der Waals surface area contributed by atoms with Crippen LogP contribution in [0.1, 0.15) is 24.2 Å². The van der Waals surface area contributed by atoms with Crippen molar-refractivity contribution in [3.8, 4) is 0 Å². The first-order valence-electron chi connectivity index (χ1n) is 4.67. The van der Waals surface area contributed by atoms with Crippen molar-refractivity contribution in [2.75, 3.05) is 7.11 Å². The molecule has 0 saturated carbocycles. The second-order valence-electron chi connectivity index (χ2n) is 3.46. The third kappa shape index (κ3) is 3.03. The molecule has 0 radical (unpaired) electrons. The van der Waals surface area contributed by atoms with Gasteiger partial charge in [-0.25, -0.2) is 4.39 Å². The maximum absolute atomic E-state index is 13.0. The average molecular weight is 250 g/mol. The summed E-state index contributed by atoms with van der Waals surface area (Å²) < 4.78 is 55.0. The first-order valence-corrected chi connectivity index (χ1v) is 4.67. The molecular formula is C11H10F4O2. The lowest BCUT2D eigenvalue weighted by atomic mass is 10.0. The van der Waals surface area contributed by atoms with Crippen LogP contribution in [0, 0.1) is 5.82 Å². The van der Waals surface area contributed by atoms with E-state index in [0.29, 0.717) is 12.1 Å². The van der Waals surface area contributed by atoms with Gasteiger partial charge >= 0.3 is 6.18 Å². The van der Waals surface area contributed by atoms with E-state index in [9.17, 15) is 22.4 Å². The fourth-order valence-corrected chi connectivity index (χ4v) is 1.46. The normalized spacial score (nSPS) is 13.5. The Morgan fingerprint density at radius 2 is 1.94 bits per heavy atom. The topological polar surface area (TPSA) is 26.3 Å². The number of carbonyl (C=O) groups is 1. The smallest absolute Gasteiger partial charge is 0.369 e. The van der Waals surface area contributed by atoms with Crippen molar-refractivity contribution in [1.82, 2.24) is 0 Å². The molecule has 0 N–H and O–H groups in total. The summed E-state index contributed by atoms with van der Waals surface area (Å²) in [6, 6.07) is 2.36. The number of methoxy groups -OCH3 is 1. The highest BCUT2D eigenvalue weighted by Gasteiger charge is 2.35. The van der Waals surface area contributed by atoms with E-state index in [-0.39, 0.29) is 5.56 Å². The highest BCUT2D eigenvalue weighted by molar-refractivity contribution is 5.81. The summed E-state index contributed by atoms with van der Waals surface area (Å²) in [6.07, 6.45) is -5.91. The van der Waals surface area contributed by atoms with Gasteiger partial charge in [0, 0.05) is 7.11 Å². The molecule has 6 heteroatoms. The van der Waals surface area contributed by atoms with Crippen LogP contribution < -0.4 is 0 Å². The van der Waals surface area contributed by atoms with Crippen LogP contribution in [0.4, 0.5) is 17.6 Å². The van der Waals surface area contributed by atoms with Gasteiger partial charge in [-0.05, 0) is 24.6 Å². The fourth-order valence-electron chi connectivity index (χ4n) is 1.46. The molecule has 0 aliphatic carbocycles. The van der Waals surface area contributed by atoms with Gasteiger partial charge < -0.3 is 4.74 Å². The Balaban J connectivity index is 3.25. The van der Waals surface area contributed by atoms with Crippen LogP contribution in [0.5, 0.6) is 0 Å². The molecule has 0 heterocycles. The maximum Gasteiger partial charge on any atom is 0.419 e. The molecular weight excluding hydrogens is 240 g/mol. The predicted molar refractivity (Wildman–Crippen MR) is 51.8 cm³/mol. The second kappa shape index (κ2) is 4.83. The quantitative estimate of drug-likeness (QED) is 0.770. The summed E-state index contributed by atoms with van der Waals surface area (Å²) in [4.78, 5) is 11.1. The Morgan fingerprint density at radius 1 is 1.35 bits per heavy atom. The molecule has 0 aliphatic rings. The highest BCUT2D eigenvalue weighted by Crippen LogP contribution is 2.33. The SMILES string of the molecule is COC(C(C)=O)c1ccc(F)c(C(F)(F)F)c1. The molecule has 0 saturated heterocycles. The standard InChI is InChI=1S/C11H10F4O2/c1-6(16)10(17-2)7-3-4-9(12)8(5-7)11(13,14)15/h3-5,10H,1-2H3. The van der Waals surface area contributed by atoms with E-state index in [0.717, 1.165) is 6.07 Å². The number of ketones is 1. The third-order valence-corrected chi connectivity index (χ3v) is 2.20. The second-order valence-corrected chi connectivity index (χ2v) is 3.46.